The molecule has 2 amide bonds. The number of hydrogen-bond donors (Lipinski definition) is 1. The van der Waals surface area contributed by atoms with Crippen LogP contribution in [0.15, 0.2) is 42.7 Å². The van der Waals surface area contributed by atoms with Crippen molar-refractivity contribution in [2.75, 3.05) is 36.4 Å². The highest BCUT2D eigenvalue weighted by atomic mass is 19.3. The van der Waals surface area contributed by atoms with Crippen LogP contribution in [0.25, 0.3) is 11.3 Å². The average molecular weight is 708 g/mol. The van der Waals surface area contributed by atoms with Crippen molar-refractivity contribution >= 4 is 48.6 Å². The van der Waals surface area contributed by atoms with Crippen molar-refractivity contribution in [1.82, 2.24) is 29.3 Å². The zero-order chi connectivity index (χ0) is 37.0. The molecule has 18 heteroatoms. The van der Waals surface area contributed by atoms with Gasteiger partial charge in [0.1, 0.15) is 24.3 Å². The molecular formula is C33H38BF2N8O7. The van der Waals surface area contributed by atoms with Crippen LogP contribution >= 0.6 is 0 Å². The summed E-state index contributed by atoms with van der Waals surface area (Å²) in [7, 11) is 1.93. The number of carbonyl (C=O) groups excluding carboxylic acids is 4. The van der Waals surface area contributed by atoms with E-state index in [0.29, 0.717) is 38.3 Å². The van der Waals surface area contributed by atoms with Gasteiger partial charge in [-0.2, -0.15) is 10.2 Å². The summed E-state index contributed by atoms with van der Waals surface area (Å²) in [6.45, 7) is 12.3. The molecule has 269 valence electrons. The number of esters is 1. The lowest BCUT2D eigenvalue weighted by Gasteiger charge is -2.36. The number of alkyl halides is 2. The number of piperazine rings is 1. The molecular weight excluding hydrogens is 669 g/mol. The number of aromatic nitrogens is 5. The second kappa shape index (κ2) is 15.1. The maximum absolute atomic E-state index is 14.1. The van der Waals surface area contributed by atoms with E-state index < -0.39 is 47.9 Å². The molecule has 0 atom stereocenters. The molecule has 0 spiro atoms. The molecule has 51 heavy (non-hydrogen) atoms. The molecule has 5 rings (SSSR count). The monoisotopic (exact) mass is 707 g/mol. The van der Waals surface area contributed by atoms with E-state index >= 15 is 0 Å². The predicted molar refractivity (Wildman–Crippen MR) is 182 cm³/mol. The standard InChI is InChI=1S/C33H38BF2N8O7/c1-19(2)49-32(48)50-30(46)20-7-9-21(10-8-20)43-18-24(26(40-43)27(35)36)38-29(45)23-17-37-44-22(16-34-6)15-25(39-28(23)44)41-11-13-42(14-12-41)31(47)51-33(3,4)5/h7-10,15,17-19,27H,11-14,16H2,1-6H3,(H,38,45). The third-order valence-corrected chi connectivity index (χ3v) is 7.52. The van der Waals surface area contributed by atoms with Crippen LogP contribution in [-0.2, 0) is 20.5 Å². The summed E-state index contributed by atoms with van der Waals surface area (Å²) in [6.07, 6.45) is -2.01. The Balaban J connectivity index is 1.35. The molecule has 0 bridgehead atoms. The van der Waals surface area contributed by atoms with Gasteiger partial charge in [-0.25, -0.2) is 37.3 Å². The molecule has 4 heterocycles. The number of fused-ring (bicyclic) bond motifs is 1. The number of amides is 2. The lowest BCUT2D eigenvalue weighted by molar-refractivity contribution is 0.0236. The highest BCUT2D eigenvalue weighted by Gasteiger charge is 2.28. The Morgan fingerprint density at radius 2 is 1.73 bits per heavy atom. The molecule has 1 radical (unpaired) electrons. The van der Waals surface area contributed by atoms with Gasteiger partial charge in [-0.05, 0) is 65.2 Å². The third kappa shape index (κ3) is 8.79. The van der Waals surface area contributed by atoms with Gasteiger partial charge in [-0.1, -0.05) is 6.82 Å². The molecule has 1 aliphatic heterocycles. The normalized spacial score (nSPS) is 13.5. The quantitative estimate of drug-likeness (QED) is 0.140. The summed E-state index contributed by atoms with van der Waals surface area (Å²) >= 11 is 0. The number of nitrogens with zero attached hydrogens (tertiary/aromatic N) is 7. The van der Waals surface area contributed by atoms with Crippen LogP contribution in [0.1, 0.15) is 73.1 Å². The molecule has 0 unspecified atom stereocenters. The number of nitrogens with one attached hydrogen (secondary N) is 1. The average Bonchev–Trinajstić information content (AvgIpc) is 3.69. The van der Waals surface area contributed by atoms with Gasteiger partial charge in [0.05, 0.1) is 35.4 Å². The fraction of sp³-hybridized carbons (Fsp3) is 0.424. The van der Waals surface area contributed by atoms with Gasteiger partial charge in [-0.15, -0.1) is 0 Å². The lowest BCUT2D eigenvalue weighted by Crippen LogP contribution is -2.50. The molecule has 15 nitrogen and oxygen atoms in total. The van der Waals surface area contributed by atoms with Gasteiger partial charge in [0.25, 0.3) is 12.3 Å². The van der Waals surface area contributed by atoms with Crippen molar-refractivity contribution in [2.24, 2.45) is 0 Å². The molecule has 1 aromatic carbocycles. The zero-order valence-corrected chi connectivity index (χ0v) is 29.1. The predicted octanol–water partition coefficient (Wildman–Crippen LogP) is 5.12. The smallest absolute Gasteiger partial charge is 0.444 e. The van der Waals surface area contributed by atoms with Crippen molar-refractivity contribution < 1.29 is 42.2 Å². The second-order valence-electron chi connectivity index (χ2n) is 12.9. The van der Waals surface area contributed by atoms with E-state index in [0.717, 1.165) is 10.4 Å². The summed E-state index contributed by atoms with van der Waals surface area (Å²) in [5, 5.41) is 10.9. The summed E-state index contributed by atoms with van der Waals surface area (Å²) in [5.74, 6) is -1.12. The molecule has 1 saturated heterocycles. The highest BCUT2D eigenvalue weighted by Crippen LogP contribution is 2.29. The van der Waals surface area contributed by atoms with Crippen LogP contribution in [0.5, 0.6) is 0 Å². The molecule has 4 aromatic rings. The largest absolute Gasteiger partial charge is 0.516 e. The van der Waals surface area contributed by atoms with Crippen LogP contribution in [0.2, 0.25) is 6.82 Å². The molecule has 1 aliphatic rings. The second-order valence-corrected chi connectivity index (χ2v) is 12.9. The number of rotatable bonds is 9. The fourth-order valence-corrected chi connectivity index (χ4v) is 5.20. The van der Waals surface area contributed by atoms with Crippen molar-refractivity contribution in [3.8, 4) is 5.69 Å². The Morgan fingerprint density at radius 1 is 1.04 bits per heavy atom. The van der Waals surface area contributed by atoms with Crippen LogP contribution in [0.4, 0.5) is 29.9 Å². The molecule has 1 N–H and O–H groups in total. The maximum atomic E-state index is 14.1. The first kappa shape index (κ1) is 36.7. The number of carbonyl (C=O) groups is 4. The first-order valence-electron chi connectivity index (χ1n) is 16.2. The minimum absolute atomic E-state index is 0.0131. The van der Waals surface area contributed by atoms with Crippen molar-refractivity contribution in [1.29, 1.82) is 0 Å². The summed E-state index contributed by atoms with van der Waals surface area (Å²) in [5.41, 5.74) is -0.224. The van der Waals surface area contributed by atoms with Gasteiger partial charge in [-0.3, -0.25) is 4.79 Å². The van der Waals surface area contributed by atoms with Crippen LogP contribution in [-0.4, -0.2) is 98.6 Å². The minimum atomic E-state index is -3.04. The van der Waals surface area contributed by atoms with Crippen LogP contribution < -0.4 is 10.2 Å². The molecule has 0 aliphatic carbocycles. The van der Waals surface area contributed by atoms with Gasteiger partial charge in [0, 0.05) is 37.9 Å². The molecule has 1 fully saturated rings. The van der Waals surface area contributed by atoms with E-state index in [-0.39, 0.29) is 28.1 Å². The van der Waals surface area contributed by atoms with Crippen molar-refractivity contribution in [2.45, 2.75) is 65.9 Å². The third-order valence-electron chi connectivity index (χ3n) is 7.52. The van der Waals surface area contributed by atoms with E-state index in [1.54, 1.807) is 18.7 Å². The fourth-order valence-electron chi connectivity index (χ4n) is 5.20. The summed E-state index contributed by atoms with van der Waals surface area (Å²) in [6, 6.07) is 7.34. The van der Waals surface area contributed by atoms with E-state index in [9.17, 15) is 28.0 Å². The lowest BCUT2D eigenvalue weighted by atomic mass is 9.76. The molecule has 3 aromatic heterocycles. The van der Waals surface area contributed by atoms with E-state index in [1.165, 1.54) is 41.2 Å². The number of anilines is 2. The van der Waals surface area contributed by atoms with Crippen molar-refractivity contribution in [3.05, 3.63) is 65.2 Å². The Hall–Kier alpha value is -5.55. The van der Waals surface area contributed by atoms with E-state index in [2.05, 4.69) is 20.3 Å². The van der Waals surface area contributed by atoms with Crippen LogP contribution in [0, 0.1) is 0 Å². The number of benzene rings is 1. The topological polar surface area (TPSA) is 162 Å². The van der Waals surface area contributed by atoms with Gasteiger partial charge < -0.3 is 29.3 Å². The highest BCUT2D eigenvalue weighted by molar-refractivity contribution is 6.32. The Morgan fingerprint density at radius 3 is 2.33 bits per heavy atom. The number of ether oxygens (including phenoxy) is 3. The van der Waals surface area contributed by atoms with Gasteiger partial charge in [0.15, 0.2) is 11.3 Å². The Bertz CT molecular complexity index is 1920. The number of hydrogen-bond acceptors (Lipinski definition) is 11. The summed E-state index contributed by atoms with van der Waals surface area (Å²) in [4.78, 5) is 58.5. The van der Waals surface area contributed by atoms with Crippen LogP contribution in [0.3, 0.4) is 0 Å². The van der Waals surface area contributed by atoms with E-state index in [4.69, 9.17) is 14.5 Å². The number of halogens is 2. The summed E-state index contributed by atoms with van der Waals surface area (Å²) < 4.78 is 45.9. The first-order valence-corrected chi connectivity index (χ1v) is 16.2. The first-order chi connectivity index (χ1) is 24.1. The Kier molecular flexibility index (Phi) is 10.9. The minimum Gasteiger partial charge on any atom is -0.444 e. The SMILES string of the molecule is C[B]Cc1cc(N2CCN(C(=O)OC(C)(C)C)CC2)nc2c(C(=O)Nc3cn(-c4ccc(C(=O)OC(=O)OC(C)C)cc4)nc3C(F)F)cnn12. The van der Waals surface area contributed by atoms with Gasteiger partial charge in [0.2, 0.25) is 0 Å². The van der Waals surface area contributed by atoms with Gasteiger partial charge >= 0.3 is 18.2 Å². The van der Waals surface area contributed by atoms with Crippen molar-refractivity contribution in [3.63, 3.8) is 0 Å². The zero-order valence-electron chi connectivity index (χ0n) is 29.1. The molecule has 0 saturated carbocycles. The van der Waals surface area contributed by atoms with E-state index in [1.807, 2.05) is 45.8 Å². The Labute approximate surface area is 293 Å². The maximum Gasteiger partial charge on any atom is 0.516 e.